The fourth-order valence-corrected chi connectivity index (χ4v) is 2.71. The van der Waals surface area contributed by atoms with E-state index in [1.165, 1.54) is 23.7 Å². The van der Waals surface area contributed by atoms with Crippen molar-refractivity contribution in [2.24, 2.45) is 0 Å². The van der Waals surface area contributed by atoms with E-state index in [0.29, 0.717) is 5.00 Å². The maximum Gasteiger partial charge on any atom is 0.341 e. The fourth-order valence-electron chi connectivity index (χ4n) is 1.94. The lowest BCUT2D eigenvalue weighted by Gasteiger charge is -2.04. The lowest BCUT2D eigenvalue weighted by Crippen LogP contribution is -2.15. The molecule has 3 aromatic heterocycles. The lowest BCUT2D eigenvalue weighted by atomic mass is 10.3. The Kier molecular flexibility index (Phi) is 5.13. The molecule has 0 saturated heterocycles. The molecule has 10 heteroatoms. The maximum atomic E-state index is 12.3. The van der Waals surface area contributed by atoms with Gasteiger partial charge in [-0.2, -0.15) is 4.98 Å². The van der Waals surface area contributed by atoms with Crippen LogP contribution in [0.15, 0.2) is 44.9 Å². The molecule has 0 aliphatic rings. The number of thiophene rings is 1. The number of carbonyl (C=O) groups excluding carboxylic acids is 3. The van der Waals surface area contributed by atoms with Crippen molar-refractivity contribution in [3.63, 3.8) is 0 Å². The molecule has 0 unspecified atom stereocenters. The molecule has 0 aliphatic heterocycles. The molecule has 0 bridgehead atoms. The first-order valence-corrected chi connectivity index (χ1v) is 8.32. The molecule has 134 valence electrons. The number of esters is 1. The molecule has 0 spiro atoms. The van der Waals surface area contributed by atoms with Gasteiger partial charge in [-0.3, -0.25) is 14.9 Å². The van der Waals surface area contributed by atoms with E-state index in [-0.39, 0.29) is 29.6 Å². The van der Waals surface area contributed by atoms with E-state index in [4.69, 9.17) is 13.6 Å². The molecule has 26 heavy (non-hydrogen) atoms. The minimum atomic E-state index is -0.597. The SMILES string of the molecule is CCOC(=O)c1ccsc1NC(=O)c1coc(NC(=O)c2ccco2)n1. The van der Waals surface area contributed by atoms with Crippen LogP contribution in [0.3, 0.4) is 0 Å². The molecule has 0 fully saturated rings. The van der Waals surface area contributed by atoms with Gasteiger partial charge in [-0.15, -0.1) is 11.3 Å². The van der Waals surface area contributed by atoms with Gasteiger partial charge in [0.2, 0.25) is 0 Å². The van der Waals surface area contributed by atoms with Crippen molar-refractivity contribution in [1.82, 2.24) is 4.98 Å². The van der Waals surface area contributed by atoms with Gasteiger partial charge in [-0.25, -0.2) is 4.79 Å². The summed E-state index contributed by atoms with van der Waals surface area (Å²) in [7, 11) is 0. The lowest BCUT2D eigenvalue weighted by molar-refractivity contribution is 0.0528. The van der Waals surface area contributed by atoms with Crippen LogP contribution in [0.2, 0.25) is 0 Å². The number of ether oxygens (including phenoxy) is 1. The summed E-state index contributed by atoms with van der Waals surface area (Å²) in [5.41, 5.74) is 0.183. The van der Waals surface area contributed by atoms with Gasteiger partial charge in [-0.05, 0) is 30.5 Å². The molecular formula is C16H13N3O6S. The second-order valence-electron chi connectivity index (χ2n) is 4.81. The Balaban J connectivity index is 1.66. The molecule has 0 atom stereocenters. The summed E-state index contributed by atoms with van der Waals surface area (Å²) in [6, 6.07) is 4.43. The first-order chi connectivity index (χ1) is 12.6. The van der Waals surface area contributed by atoms with Crippen LogP contribution in [-0.4, -0.2) is 29.4 Å². The van der Waals surface area contributed by atoms with Crippen LogP contribution in [0.25, 0.3) is 0 Å². The van der Waals surface area contributed by atoms with E-state index in [1.54, 1.807) is 24.4 Å². The maximum absolute atomic E-state index is 12.3. The molecule has 3 rings (SSSR count). The summed E-state index contributed by atoms with van der Waals surface area (Å²) < 4.78 is 14.9. The third-order valence-electron chi connectivity index (χ3n) is 3.09. The number of rotatable bonds is 6. The minimum absolute atomic E-state index is 0.0667. The van der Waals surface area contributed by atoms with Crippen molar-refractivity contribution in [2.75, 3.05) is 17.2 Å². The fraction of sp³-hybridized carbons (Fsp3) is 0.125. The molecule has 0 radical (unpaired) electrons. The van der Waals surface area contributed by atoms with Crippen molar-refractivity contribution < 1.29 is 28.0 Å². The Hall–Kier alpha value is -3.40. The van der Waals surface area contributed by atoms with Crippen LogP contribution in [-0.2, 0) is 4.74 Å². The summed E-state index contributed by atoms with van der Waals surface area (Å²) in [5, 5.41) is 6.91. The van der Waals surface area contributed by atoms with Crippen LogP contribution in [0.1, 0.15) is 38.3 Å². The van der Waals surface area contributed by atoms with Crippen molar-refractivity contribution >= 4 is 40.1 Å². The van der Waals surface area contributed by atoms with Gasteiger partial charge in [0, 0.05) is 0 Å². The number of oxazole rings is 1. The topological polar surface area (TPSA) is 124 Å². The van der Waals surface area contributed by atoms with E-state index in [0.717, 1.165) is 6.26 Å². The number of anilines is 2. The Morgan fingerprint density at radius 3 is 2.77 bits per heavy atom. The van der Waals surface area contributed by atoms with Crippen LogP contribution in [0.5, 0.6) is 0 Å². The summed E-state index contributed by atoms with van der Waals surface area (Å²) in [5.74, 6) is -1.62. The average molecular weight is 375 g/mol. The van der Waals surface area contributed by atoms with Gasteiger partial charge >= 0.3 is 12.0 Å². The van der Waals surface area contributed by atoms with Gasteiger partial charge in [0.05, 0.1) is 18.4 Å². The Morgan fingerprint density at radius 1 is 1.19 bits per heavy atom. The Labute approximate surface area is 151 Å². The zero-order chi connectivity index (χ0) is 18.5. The zero-order valence-corrected chi connectivity index (χ0v) is 14.3. The zero-order valence-electron chi connectivity index (χ0n) is 13.5. The number of nitrogens with zero attached hydrogens (tertiary/aromatic N) is 1. The molecule has 0 aliphatic carbocycles. The number of carbonyl (C=O) groups is 3. The summed E-state index contributed by atoms with van der Waals surface area (Å²) >= 11 is 1.17. The van der Waals surface area contributed by atoms with Crippen molar-refractivity contribution in [3.8, 4) is 0 Å². The van der Waals surface area contributed by atoms with Crippen molar-refractivity contribution in [3.05, 3.63) is 53.1 Å². The van der Waals surface area contributed by atoms with E-state index in [2.05, 4.69) is 15.6 Å². The number of hydrogen-bond donors (Lipinski definition) is 2. The molecule has 0 saturated carbocycles. The highest BCUT2D eigenvalue weighted by Crippen LogP contribution is 2.25. The highest BCUT2D eigenvalue weighted by molar-refractivity contribution is 7.14. The summed E-state index contributed by atoms with van der Waals surface area (Å²) in [4.78, 5) is 39.8. The third kappa shape index (κ3) is 3.81. The predicted octanol–water partition coefficient (Wildman–Crippen LogP) is 3.01. The molecule has 3 heterocycles. The number of furan rings is 1. The van der Waals surface area contributed by atoms with Gasteiger partial charge in [0.25, 0.3) is 11.8 Å². The second-order valence-corrected chi connectivity index (χ2v) is 5.72. The van der Waals surface area contributed by atoms with Gasteiger partial charge in [-0.1, -0.05) is 0 Å². The Bertz CT molecular complexity index is 928. The highest BCUT2D eigenvalue weighted by atomic mass is 32.1. The predicted molar refractivity (Wildman–Crippen MR) is 91.4 cm³/mol. The third-order valence-corrected chi connectivity index (χ3v) is 3.92. The standard InChI is InChI=1S/C16H13N3O6S/c1-2-23-15(22)9-5-7-26-14(9)18-12(20)10-8-25-16(17-10)19-13(21)11-4-3-6-24-11/h3-8H,2H2,1H3,(H,18,20)(H,17,19,21). The molecule has 2 amide bonds. The van der Waals surface area contributed by atoms with Crippen LogP contribution in [0.4, 0.5) is 11.0 Å². The van der Waals surface area contributed by atoms with Gasteiger partial charge in [0.1, 0.15) is 11.3 Å². The monoisotopic (exact) mass is 375 g/mol. The number of aromatic nitrogens is 1. The van der Waals surface area contributed by atoms with Crippen molar-refractivity contribution in [1.29, 1.82) is 0 Å². The number of nitrogens with one attached hydrogen (secondary N) is 2. The summed E-state index contributed by atoms with van der Waals surface area (Å²) in [6.07, 6.45) is 2.44. The normalized spacial score (nSPS) is 10.3. The van der Waals surface area contributed by atoms with E-state index in [9.17, 15) is 14.4 Å². The minimum Gasteiger partial charge on any atom is -0.462 e. The number of hydrogen-bond acceptors (Lipinski definition) is 8. The van der Waals surface area contributed by atoms with Crippen LogP contribution < -0.4 is 10.6 Å². The van der Waals surface area contributed by atoms with Crippen molar-refractivity contribution in [2.45, 2.75) is 6.92 Å². The quantitative estimate of drug-likeness (QED) is 0.635. The first-order valence-electron chi connectivity index (χ1n) is 7.44. The molecule has 2 N–H and O–H groups in total. The Morgan fingerprint density at radius 2 is 2.04 bits per heavy atom. The smallest absolute Gasteiger partial charge is 0.341 e. The number of amides is 2. The van der Waals surface area contributed by atoms with E-state index >= 15 is 0 Å². The van der Waals surface area contributed by atoms with Crippen LogP contribution in [0, 0.1) is 0 Å². The van der Waals surface area contributed by atoms with Gasteiger partial charge < -0.3 is 18.9 Å². The second kappa shape index (κ2) is 7.66. The average Bonchev–Trinajstić information content (AvgIpc) is 3.36. The largest absolute Gasteiger partial charge is 0.462 e. The summed E-state index contributed by atoms with van der Waals surface area (Å²) in [6.45, 7) is 1.92. The first kappa shape index (κ1) is 17.4. The molecule has 3 aromatic rings. The van der Waals surface area contributed by atoms with E-state index in [1.807, 2.05) is 0 Å². The molecule has 0 aromatic carbocycles. The van der Waals surface area contributed by atoms with Gasteiger partial charge in [0.15, 0.2) is 11.5 Å². The van der Waals surface area contributed by atoms with E-state index < -0.39 is 17.8 Å². The highest BCUT2D eigenvalue weighted by Gasteiger charge is 2.20. The molecule has 9 nitrogen and oxygen atoms in total. The molecular weight excluding hydrogens is 362 g/mol. The van der Waals surface area contributed by atoms with Crippen LogP contribution >= 0.6 is 11.3 Å².